The van der Waals surface area contributed by atoms with Gasteiger partial charge in [0.2, 0.25) is 0 Å². The Morgan fingerprint density at radius 1 is 0.743 bits per heavy atom. The average molecular weight is 475 g/mol. The van der Waals surface area contributed by atoms with Gasteiger partial charge in [0.25, 0.3) is 0 Å². The van der Waals surface area contributed by atoms with Crippen LogP contribution in [0.5, 0.6) is 0 Å². The van der Waals surface area contributed by atoms with E-state index in [4.69, 9.17) is 0 Å². The van der Waals surface area contributed by atoms with Gasteiger partial charge in [-0.1, -0.05) is 60.7 Å². The highest BCUT2D eigenvalue weighted by Gasteiger charge is 2.22. The molecule has 1 aliphatic rings. The van der Waals surface area contributed by atoms with Crippen LogP contribution in [0.3, 0.4) is 0 Å². The molecule has 0 saturated heterocycles. The van der Waals surface area contributed by atoms with Crippen molar-refractivity contribution in [2.75, 3.05) is 0 Å². The molecule has 0 heterocycles. The summed E-state index contributed by atoms with van der Waals surface area (Å²) in [5, 5.41) is 0. The van der Waals surface area contributed by atoms with Gasteiger partial charge in [-0.15, -0.1) is 13.2 Å². The van der Waals surface area contributed by atoms with Crippen molar-refractivity contribution in [2.24, 2.45) is 5.92 Å². The Bertz CT molecular complexity index is 1170. The fourth-order valence-corrected chi connectivity index (χ4v) is 5.15. The van der Waals surface area contributed by atoms with Gasteiger partial charge in [-0.05, 0) is 91.5 Å². The van der Waals surface area contributed by atoms with Crippen LogP contribution in [-0.2, 0) is 6.42 Å². The summed E-state index contributed by atoms with van der Waals surface area (Å²) >= 11 is 0. The molecule has 3 aromatic carbocycles. The number of rotatable bonds is 9. The number of hydrogen-bond donors (Lipinski definition) is 0. The number of unbranched alkanes of at least 4 members (excludes halogenated alkanes) is 2. The lowest BCUT2D eigenvalue weighted by Crippen LogP contribution is -2.11. The molecular formula is C32H33F3. The van der Waals surface area contributed by atoms with Crippen LogP contribution < -0.4 is 0 Å². The van der Waals surface area contributed by atoms with Crippen molar-refractivity contribution in [3.63, 3.8) is 0 Å². The molecule has 0 atom stereocenters. The van der Waals surface area contributed by atoms with Crippen molar-refractivity contribution in [1.29, 1.82) is 0 Å². The number of halogens is 3. The van der Waals surface area contributed by atoms with Gasteiger partial charge in [-0.25, -0.2) is 13.2 Å². The highest BCUT2D eigenvalue weighted by Crippen LogP contribution is 2.38. The lowest BCUT2D eigenvalue weighted by Gasteiger charge is -2.27. The van der Waals surface area contributed by atoms with E-state index in [1.54, 1.807) is 42.5 Å². The second-order valence-corrected chi connectivity index (χ2v) is 9.60. The van der Waals surface area contributed by atoms with Gasteiger partial charge in [0.05, 0.1) is 0 Å². The van der Waals surface area contributed by atoms with Crippen LogP contribution in [0.2, 0.25) is 0 Å². The third-order valence-electron chi connectivity index (χ3n) is 7.34. The van der Waals surface area contributed by atoms with Gasteiger partial charge in [-0.3, -0.25) is 0 Å². The summed E-state index contributed by atoms with van der Waals surface area (Å²) in [6.07, 6.45) is 11.2. The molecule has 0 aromatic heterocycles. The smallest absolute Gasteiger partial charge is 0.166 e. The molecule has 35 heavy (non-hydrogen) atoms. The predicted molar refractivity (Wildman–Crippen MR) is 140 cm³/mol. The van der Waals surface area contributed by atoms with E-state index in [0.717, 1.165) is 50.5 Å². The Morgan fingerprint density at radius 3 is 2.03 bits per heavy atom. The van der Waals surface area contributed by atoms with Crippen molar-refractivity contribution < 1.29 is 13.2 Å². The highest BCUT2D eigenvalue weighted by molar-refractivity contribution is 5.71. The van der Waals surface area contributed by atoms with Crippen LogP contribution >= 0.6 is 0 Å². The third kappa shape index (κ3) is 5.78. The molecular weight excluding hydrogens is 441 g/mol. The summed E-state index contributed by atoms with van der Waals surface area (Å²) in [5.41, 5.74) is 3.46. The van der Waals surface area contributed by atoms with Crippen molar-refractivity contribution in [2.45, 2.75) is 57.3 Å². The SMILES string of the molecule is C=CCCCCc1ccc(-c2ccc(-c3ccc(C4CCC(C=C)CC4)cc3F)cc2)c(F)c1F. The zero-order valence-electron chi connectivity index (χ0n) is 20.2. The van der Waals surface area contributed by atoms with Gasteiger partial charge < -0.3 is 0 Å². The van der Waals surface area contributed by atoms with Crippen LogP contribution in [0.4, 0.5) is 13.2 Å². The first-order chi connectivity index (χ1) is 17.0. The van der Waals surface area contributed by atoms with E-state index in [2.05, 4.69) is 13.2 Å². The molecule has 1 saturated carbocycles. The number of benzene rings is 3. The summed E-state index contributed by atoms with van der Waals surface area (Å²) in [4.78, 5) is 0. The van der Waals surface area contributed by atoms with Gasteiger partial charge in [0.15, 0.2) is 11.6 Å². The van der Waals surface area contributed by atoms with E-state index in [0.29, 0.717) is 40.5 Å². The zero-order chi connectivity index (χ0) is 24.8. The molecule has 0 N–H and O–H groups in total. The Hall–Kier alpha value is -3.07. The maximum atomic E-state index is 15.0. The first kappa shape index (κ1) is 25.0. The molecule has 0 spiro atoms. The Labute approximate surface area is 207 Å². The Kier molecular flexibility index (Phi) is 8.28. The van der Waals surface area contributed by atoms with Gasteiger partial charge in [-0.2, -0.15) is 0 Å². The molecule has 4 rings (SSSR count). The third-order valence-corrected chi connectivity index (χ3v) is 7.34. The molecule has 0 bridgehead atoms. The number of allylic oxidation sites excluding steroid dienone is 2. The number of aryl methyl sites for hydroxylation is 1. The van der Waals surface area contributed by atoms with Crippen LogP contribution in [0.25, 0.3) is 22.3 Å². The minimum atomic E-state index is -0.833. The van der Waals surface area contributed by atoms with Crippen LogP contribution in [0, 0.1) is 23.4 Å². The lowest BCUT2D eigenvalue weighted by atomic mass is 9.78. The second-order valence-electron chi connectivity index (χ2n) is 9.60. The molecule has 0 amide bonds. The van der Waals surface area contributed by atoms with E-state index in [-0.39, 0.29) is 11.4 Å². The second kappa shape index (κ2) is 11.6. The van der Waals surface area contributed by atoms with Gasteiger partial charge in [0.1, 0.15) is 5.82 Å². The number of hydrogen-bond acceptors (Lipinski definition) is 0. The quantitative estimate of drug-likeness (QED) is 0.214. The van der Waals surface area contributed by atoms with Crippen LogP contribution in [-0.4, -0.2) is 0 Å². The largest absolute Gasteiger partial charge is 0.206 e. The van der Waals surface area contributed by atoms with E-state index in [9.17, 15) is 8.78 Å². The Morgan fingerprint density at radius 2 is 1.40 bits per heavy atom. The Balaban J connectivity index is 1.48. The lowest BCUT2D eigenvalue weighted by molar-refractivity contribution is 0.375. The first-order valence-corrected chi connectivity index (χ1v) is 12.6. The minimum Gasteiger partial charge on any atom is -0.206 e. The summed E-state index contributed by atoms with van der Waals surface area (Å²) in [5.74, 6) is -0.903. The molecule has 0 aliphatic heterocycles. The maximum Gasteiger partial charge on any atom is 0.166 e. The summed E-state index contributed by atoms with van der Waals surface area (Å²) in [7, 11) is 0. The fraction of sp³-hybridized carbons (Fsp3) is 0.312. The monoisotopic (exact) mass is 474 g/mol. The topological polar surface area (TPSA) is 0 Å². The molecule has 3 heteroatoms. The van der Waals surface area contributed by atoms with E-state index in [1.165, 1.54) is 0 Å². The highest BCUT2D eigenvalue weighted by atomic mass is 19.2. The van der Waals surface area contributed by atoms with Crippen molar-refractivity contribution in [3.05, 3.63) is 108 Å². The van der Waals surface area contributed by atoms with Gasteiger partial charge in [0, 0.05) is 11.1 Å². The zero-order valence-corrected chi connectivity index (χ0v) is 20.2. The normalized spacial score (nSPS) is 17.8. The van der Waals surface area contributed by atoms with Crippen LogP contribution in [0.15, 0.2) is 79.9 Å². The molecule has 182 valence electrons. The van der Waals surface area contributed by atoms with Crippen molar-refractivity contribution in [1.82, 2.24) is 0 Å². The predicted octanol–water partition coefficient (Wildman–Crippen LogP) is 9.80. The van der Waals surface area contributed by atoms with Crippen molar-refractivity contribution in [3.8, 4) is 22.3 Å². The molecule has 1 fully saturated rings. The van der Waals surface area contributed by atoms with Crippen molar-refractivity contribution >= 4 is 0 Å². The molecule has 1 aliphatic carbocycles. The maximum absolute atomic E-state index is 15.0. The average Bonchev–Trinajstić information content (AvgIpc) is 2.89. The molecule has 0 unspecified atom stereocenters. The minimum absolute atomic E-state index is 0.217. The van der Waals surface area contributed by atoms with E-state index >= 15 is 4.39 Å². The summed E-state index contributed by atoms with van der Waals surface area (Å²) in [6, 6.07) is 15.8. The molecule has 0 nitrogen and oxygen atoms in total. The van der Waals surface area contributed by atoms with Gasteiger partial charge >= 0.3 is 0 Å². The summed E-state index contributed by atoms with van der Waals surface area (Å²) < 4.78 is 44.5. The first-order valence-electron chi connectivity index (χ1n) is 12.6. The standard InChI is InChI=1S/C32H33F3/c1-3-5-6-7-8-26-17-20-29(32(35)31(26)34)25-15-13-24(14-16-25)28-19-18-27(21-30(28)33)23-11-9-22(4-2)10-12-23/h3-4,13-23H,1-2,5-12H2. The fourth-order valence-electron chi connectivity index (χ4n) is 5.15. The summed E-state index contributed by atoms with van der Waals surface area (Å²) in [6.45, 7) is 7.58. The molecule has 3 aromatic rings. The van der Waals surface area contributed by atoms with Crippen LogP contribution in [0.1, 0.15) is 62.0 Å². The van der Waals surface area contributed by atoms with E-state index in [1.807, 2.05) is 24.3 Å². The molecule has 0 radical (unpaired) electrons. The van der Waals surface area contributed by atoms with E-state index < -0.39 is 11.6 Å².